The zero-order chi connectivity index (χ0) is 18.4. The van der Waals surface area contributed by atoms with Gasteiger partial charge < -0.3 is 19.7 Å². The fraction of sp³-hybridized carbons (Fsp3) is 0.556. The summed E-state index contributed by atoms with van der Waals surface area (Å²) in [5.41, 5.74) is 0.411. The lowest BCUT2D eigenvalue weighted by Crippen LogP contribution is -2.46. The quantitative estimate of drug-likeness (QED) is 0.865. The van der Waals surface area contributed by atoms with Gasteiger partial charge in [-0.1, -0.05) is 25.4 Å². The number of rotatable bonds is 5. The predicted molar refractivity (Wildman–Crippen MR) is 96.3 cm³/mol. The van der Waals surface area contributed by atoms with Crippen molar-refractivity contribution in [3.8, 4) is 5.75 Å². The summed E-state index contributed by atoms with van der Waals surface area (Å²) in [7, 11) is 1.52. The molecule has 1 aliphatic heterocycles. The molecule has 0 aliphatic carbocycles. The Morgan fingerprint density at radius 3 is 2.60 bits per heavy atom. The van der Waals surface area contributed by atoms with Crippen molar-refractivity contribution in [1.29, 1.82) is 0 Å². The van der Waals surface area contributed by atoms with Crippen molar-refractivity contribution in [1.82, 2.24) is 10.2 Å². The number of nitrogens with zero attached hydrogens (tertiary/aromatic N) is 1. The first-order valence-corrected chi connectivity index (χ1v) is 8.84. The molecular formula is C18H25ClN2O4. The number of hydrogen-bond acceptors (Lipinski definition) is 4. The largest absolute Gasteiger partial charge is 0.496 e. The van der Waals surface area contributed by atoms with Crippen LogP contribution in [-0.2, 0) is 4.74 Å². The summed E-state index contributed by atoms with van der Waals surface area (Å²) in [6.45, 7) is 5.55. The van der Waals surface area contributed by atoms with Crippen LogP contribution in [0, 0.1) is 5.92 Å². The summed E-state index contributed by atoms with van der Waals surface area (Å²) in [5, 5.41) is 3.47. The van der Waals surface area contributed by atoms with Crippen LogP contribution in [0.5, 0.6) is 5.75 Å². The molecule has 25 heavy (non-hydrogen) atoms. The van der Waals surface area contributed by atoms with E-state index in [4.69, 9.17) is 21.1 Å². The van der Waals surface area contributed by atoms with Crippen molar-refractivity contribution in [3.63, 3.8) is 0 Å². The van der Waals surface area contributed by atoms with Crippen LogP contribution >= 0.6 is 11.6 Å². The lowest BCUT2D eigenvalue weighted by molar-refractivity contribution is 0.0785. The molecule has 0 bridgehead atoms. The molecule has 0 radical (unpaired) electrons. The van der Waals surface area contributed by atoms with Crippen LogP contribution in [0.15, 0.2) is 18.2 Å². The Balaban J connectivity index is 1.86. The molecule has 1 heterocycles. The van der Waals surface area contributed by atoms with Crippen molar-refractivity contribution in [3.05, 3.63) is 28.8 Å². The van der Waals surface area contributed by atoms with E-state index >= 15 is 0 Å². The molecule has 0 saturated carbocycles. The summed E-state index contributed by atoms with van der Waals surface area (Å²) in [6, 6.07) is 4.95. The molecule has 2 amide bonds. The molecule has 2 rings (SSSR count). The molecule has 0 aromatic heterocycles. The van der Waals surface area contributed by atoms with Gasteiger partial charge in [-0.05, 0) is 37.0 Å². The van der Waals surface area contributed by atoms with Crippen molar-refractivity contribution < 1.29 is 19.1 Å². The van der Waals surface area contributed by atoms with Crippen LogP contribution in [0.1, 0.15) is 37.0 Å². The van der Waals surface area contributed by atoms with E-state index in [0.29, 0.717) is 54.8 Å². The highest BCUT2D eigenvalue weighted by atomic mass is 35.5. The molecule has 0 spiro atoms. The third kappa shape index (κ3) is 5.53. The number of halogens is 1. The fourth-order valence-electron chi connectivity index (χ4n) is 2.66. The highest BCUT2D eigenvalue weighted by Crippen LogP contribution is 2.23. The molecule has 7 heteroatoms. The van der Waals surface area contributed by atoms with Crippen LogP contribution in [-0.4, -0.2) is 49.7 Å². The standard InChI is InChI=1S/C18H25ClN2O4/c1-12(2)11-25-18(23)21-8-6-14(7-9-21)20-17(22)15-10-13(19)4-5-16(15)24-3/h4-5,10,12,14H,6-9,11H2,1-3H3,(H,20,22). The molecule has 1 aromatic carbocycles. The van der Waals surface area contributed by atoms with Gasteiger partial charge in [-0.3, -0.25) is 4.79 Å². The normalized spacial score (nSPS) is 15.2. The van der Waals surface area contributed by atoms with Gasteiger partial charge in [-0.25, -0.2) is 4.79 Å². The third-order valence-corrected chi connectivity index (χ3v) is 4.27. The van der Waals surface area contributed by atoms with Crippen molar-refractivity contribution in [2.24, 2.45) is 5.92 Å². The summed E-state index contributed by atoms with van der Waals surface area (Å²) >= 11 is 5.97. The second-order valence-electron chi connectivity index (χ2n) is 6.55. The summed E-state index contributed by atoms with van der Waals surface area (Å²) < 4.78 is 10.5. The van der Waals surface area contributed by atoms with Gasteiger partial charge >= 0.3 is 6.09 Å². The Morgan fingerprint density at radius 2 is 2.00 bits per heavy atom. The third-order valence-electron chi connectivity index (χ3n) is 4.03. The topological polar surface area (TPSA) is 67.9 Å². The van der Waals surface area contributed by atoms with Gasteiger partial charge in [0.1, 0.15) is 5.75 Å². The Bertz CT molecular complexity index is 613. The zero-order valence-corrected chi connectivity index (χ0v) is 15.6. The van der Waals surface area contributed by atoms with E-state index in [1.54, 1.807) is 23.1 Å². The molecule has 1 N–H and O–H groups in total. The Labute approximate surface area is 153 Å². The van der Waals surface area contributed by atoms with Gasteiger partial charge in [0.25, 0.3) is 5.91 Å². The number of amides is 2. The monoisotopic (exact) mass is 368 g/mol. The number of benzene rings is 1. The van der Waals surface area contributed by atoms with Gasteiger partial charge in [-0.2, -0.15) is 0 Å². The van der Waals surface area contributed by atoms with Crippen molar-refractivity contribution in [2.75, 3.05) is 26.8 Å². The van der Waals surface area contributed by atoms with Gasteiger partial charge in [-0.15, -0.1) is 0 Å². The van der Waals surface area contributed by atoms with Gasteiger partial charge in [0.05, 0.1) is 19.3 Å². The predicted octanol–water partition coefficient (Wildman–Crippen LogP) is 3.34. The van der Waals surface area contributed by atoms with Crippen molar-refractivity contribution >= 4 is 23.6 Å². The number of ether oxygens (including phenoxy) is 2. The molecule has 6 nitrogen and oxygen atoms in total. The maximum Gasteiger partial charge on any atom is 0.409 e. The minimum atomic E-state index is -0.282. The first kappa shape index (κ1) is 19.4. The molecule has 1 aromatic rings. The van der Waals surface area contributed by atoms with E-state index in [-0.39, 0.29) is 18.0 Å². The van der Waals surface area contributed by atoms with E-state index in [1.165, 1.54) is 7.11 Å². The maximum atomic E-state index is 12.5. The Morgan fingerprint density at radius 1 is 1.32 bits per heavy atom. The second kappa shape index (κ2) is 8.94. The fourth-order valence-corrected chi connectivity index (χ4v) is 2.83. The Hall–Kier alpha value is -1.95. The number of piperidine rings is 1. The zero-order valence-electron chi connectivity index (χ0n) is 14.9. The minimum absolute atomic E-state index is 0.00494. The molecule has 138 valence electrons. The molecule has 1 saturated heterocycles. The van der Waals surface area contributed by atoms with Crippen LogP contribution in [0.25, 0.3) is 0 Å². The molecule has 1 fully saturated rings. The molecule has 0 unspecified atom stereocenters. The van der Waals surface area contributed by atoms with Gasteiger partial charge in [0, 0.05) is 24.2 Å². The van der Waals surface area contributed by atoms with E-state index in [2.05, 4.69) is 5.32 Å². The number of hydrogen-bond donors (Lipinski definition) is 1. The smallest absolute Gasteiger partial charge is 0.409 e. The number of nitrogens with one attached hydrogen (secondary N) is 1. The number of likely N-dealkylation sites (tertiary alicyclic amines) is 1. The number of methoxy groups -OCH3 is 1. The highest BCUT2D eigenvalue weighted by molar-refractivity contribution is 6.31. The molecule has 0 atom stereocenters. The van der Waals surface area contributed by atoms with Crippen LogP contribution < -0.4 is 10.1 Å². The Kier molecular flexibility index (Phi) is 6.93. The molecule has 1 aliphatic rings. The van der Waals surface area contributed by atoms with Gasteiger partial charge in [0.2, 0.25) is 0 Å². The SMILES string of the molecule is COc1ccc(Cl)cc1C(=O)NC1CCN(C(=O)OCC(C)C)CC1. The van der Waals surface area contributed by atoms with Crippen LogP contribution in [0.3, 0.4) is 0 Å². The van der Waals surface area contributed by atoms with E-state index < -0.39 is 0 Å². The van der Waals surface area contributed by atoms with Crippen molar-refractivity contribution in [2.45, 2.75) is 32.7 Å². The van der Waals surface area contributed by atoms with E-state index in [1.807, 2.05) is 13.8 Å². The average Bonchev–Trinajstić information content (AvgIpc) is 2.60. The second-order valence-corrected chi connectivity index (χ2v) is 6.99. The maximum absolute atomic E-state index is 12.5. The van der Waals surface area contributed by atoms with E-state index in [0.717, 1.165) is 0 Å². The first-order valence-electron chi connectivity index (χ1n) is 8.46. The average molecular weight is 369 g/mol. The van der Waals surface area contributed by atoms with Gasteiger partial charge in [0.15, 0.2) is 0 Å². The lowest BCUT2D eigenvalue weighted by Gasteiger charge is -2.32. The summed E-state index contributed by atoms with van der Waals surface area (Å²) in [4.78, 5) is 26.1. The van der Waals surface area contributed by atoms with Crippen LogP contribution in [0.2, 0.25) is 5.02 Å². The number of carbonyl (C=O) groups is 2. The minimum Gasteiger partial charge on any atom is -0.496 e. The van der Waals surface area contributed by atoms with Crippen LogP contribution in [0.4, 0.5) is 4.79 Å². The summed E-state index contributed by atoms with van der Waals surface area (Å²) in [5.74, 6) is 0.574. The number of carbonyl (C=O) groups excluding carboxylic acids is 2. The summed E-state index contributed by atoms with van der Waals surface area (Å²) in [6.07, 6.45) is 1.09. The molecular weight excluding hydrogens is 344 g/mol. The first-order chi connectivity index (χ1) is 11.9. The lowest BCUT2D eigenvalue weighted by atomic mass is 10.0. The van der Waals surface area contributed by atoms with E-state index in [9.17, 15) is 9.59 Å². The highest BCUT2D eigenvalue weighted by Gasteiger charge is 2.26.